The molecule has 0 spiro atoms. The number of halogens is 1. The average Bonchev–Trinajstić information content (AvgIpc) is 2.31. The lowest BCUT2D eigenvalue weighted by atomic mass is 10.3. The number of carbonyl (C=O) groups is 1. The Morgan fingerprint density at radius 2 is 1.94 bits per heavy atom. The SMILES string of the molecule is COC(=O)/C(N=Nc1ccc(F)cc1)=C(\C)O. The molecule has 0 fully saturated rings. The number of carbonyl (C=O) groups excluding carboxylic acids is 1. The summed E-state index contributed by atoms with van der Waals surface area (Å²) in [5, 5.41) is 16.4. The maximum Gasteiger partial charge on any atom is 0.362 e. The van der Waals surface area contributed by atoms with E-state index in [0.717, 1.165) is 0 Å². The molecule has 0 aliphatic rings. The standard InChI is InChI=1S/C11H11FN2O3/c1-7(15)10(11(16)17-2)14-13-9-5-3-8(12)4-6-9/h3-6,15H,1-2H3/b10-7-,14-13?. The summed E-state index contributed by atoms with van der Waals surface area (Å²) in [5.74, 6) is -1.50. The summed E-state index contributed by atoms with van der Waals surface area (Å²) in [4.78, 5) is 11.2. The molecule has 0 aliphatic carbocycles. The van der Waals surface area contributed by atoms with Crippen molar-refractivity contribution in [3.8, 4) is 0 Å². The second kappa shape index (κ2) is 5.74. The van der Waals surface area contributed by atoms with Crippen LogP contribution in [-0.4, -0.2) is 18.2 Å². The Bertz CT molecular complexity index is 462. The molecule has 0 radical (unpaired) electrons. The van der Waals surface area contributed by atoms with E-state index in [1.165, 1.54) is 38.3 Å². The molecular weight excluding hydrogens is 227 g/mol. The number of aliphatic hydroxyl groups excluding tert-OH is 1. The molecule has 0 unspecified atom stereocenters. The molecule has 0 amide bonds. The summed E-state index contributed by atoms with van der Waals surface area (Å²) in [7, 11) is 1.17. The molecule has 5 nitrogen and oxygen atoms in total. The highest BCUT2D eigenvalue weighted by molar-refractivity contribution is 5.88. The molecule has 1 N–H and O–H groups in total. The number of allylic oxidation sites excluding steroid dienone is 1. The van der Waals surface area contributed by atoms with Crippen LogP contribution in [0.1, 0.15) is 6.92 Å². The fourth-order valence-corrected chi connectivity index (χ4v) is 0.973. The third-order valence-electron chi connectivity index (χ3n) is 1.81. The Morgan fingerprint density at radius 1 is 1.35 bits per heavy atom. The van der Waals surface area contributed by atoms with Crippen molar-refractivity contribution in [3.05, 3.63) is 41.5 Å². The maximum atomic E-state index is 12.6. The van der Waals surface area contributed by atoms with Gasteiger partial charge < -0.3 is 9.84 Å². The van der Waals surface area contributed by atoms with E-state index in [4.69, 9.17) is 0 Å². The van der Waals surface area contributed by atoms with Crippen LogP contribution in [0.25, 0.3) is 0 Å². The van der Waals surface area contributed by atoms with Crippen molar-refractivity contribution in [1.29, 1.82) is 0 Å². The molecule has 0 atom stereocenters. The Hall–Kier alpha value is -2.24. The smallest absolute Gasteiger partial charge is 0.362 e. The quantitative estimate of drug-likeness (QED) is 0.381. The van der Waals surface area contributed by atoms with Gasteiger partial charge in [-0.2, -0.15) is 5.11 Å². The molecule has 17 heavy (non-hydrogen) atoms. The average molecular weight is 238 g/mol. The minimum Gasteiger partial charge on any atom is -0.510 e. The van der Waals surface area contributed by atoms with Gasteiger partial charge in [0, 0.05) is 0 Å². The Morgan fingerprint density at radius 3 is 2.41 bits per heavy atom. The van der Waals surface area contributed by atoms with Crippen LogP contribution in [0.2, 0.25) is 0 Å². The van der Waals surface area contributed by atoms with Crippen LogP contribution in [0.15, 0.2) is 46.0 Å². The molecule has 0 bridgehead atoms. The van der Waals surface area contributed by atoms with Crippen molar-refractivity contribution in [3.63, 3.8) is 0 Å². The van der Waals surface area contributed by atoms with Crippen molar-refractivity contribution in [1.82, 2.24) is 0 Å². The van der Waals surface area contributed by atoms with E-state index in [1.54, 1.807) is 0 Å². The minimum atomic E-state index is -0.795. The van der Waals surface area contributed by atoms with Gasteiger partial charge in [0.15, 0.2) is 0 Å². The van der Waals surface area contributed by atoms with E-state index >= 15 is 0 Å². The van der Waals surface area contributed by atoms with Crippen LogP contribution in [-0.2, 0) is 9.53 Å². The van der Waals surface area contributed by atoms with Gasteiger partial charge in [0.25, 0.3) is 0 Å². The number of nitrogens with zero attached hydrogens (tertiary/aromatic N) is 2. The number of aliphatic hydroxyl groups is 1. The highest BCUT2D eigenvalue weighted by atomic mass is 19.1. The van der Waals surface area contributed by atoms with Gasteiger partial charge in [-0.1, -0.05) is 0 Å². The number of methoxy groups -OCH3 is 1. The molecule has 1 rings (SSSR count). The first kappa shape index (κ1) is 12.8. The summed E-state index contributed by atoms with van der Waals surface area (Å²) < 4.78 is 17.0. The number of hydrogen-bond donors (Lipinski definition) is 1. The van der Waals surface area contributed by atoms with E-state index in [2.05, 4.69) is 15.0 Å². The molecule has 0 saturated heterocycles. The van der Waals surface area contributed by atoms with Crippen LogP contribution in [0.3, 0.4) is 0 Å². The number of esters is 1. The third-order valence-corrected chi connectivity index (χ3v) is 1.81. The van der Waals surface area contributed by atoms with E-state index in [-0.39, 0.29) is 11.5 Å². The third kappa shape index (κ3) is 3.67. The molecule has 1 aromatic carbocycles. The van der Waals surface area contributed by atoms with Crippen LogP contribution in [0, 0.1) is 5.82 Å². The zero-order chi connectivity index (χ0) is 12.8. The Labute approximate surface area is 97.2 Å². The summed E-state index contributed by atoms with van der Waals surface area (Å²) in [6.45, 7) is 1.29. The molecule has 6 heteroatoms. The van der Waals surface area contributed by atoms with Gasteiger partial charge in [0.05, 0.1) is 12.8 Å². The second-order valence-corrected chi connectivity index (χ2v) is 3.10. The molecule has 0 aliphatic heterocycles. The van der Waals surface area contributed by atoms with Gasteiger partial charge in [-0.15, -0.1) is 5.11 Å². The second-order valence-electron chi connectivity index (χ2n) is 3.10. The van der Waals surface area contributed by atoms with E-state index < -0.39 is 11.8 Å². The summed E-state index contributed by atoms with van der Waals surface area (Å²) >= 11 is 0. The van der Waals surface area contributed by atoms with Crippen molar-refractivity contribution in [2.45, 2.75) is 6.92 Å². The van der Waals surface area contributed by atoms with E-state index in [1.807, 2.05) is 0 Å². The molecule has 90 valence electrons. The van der Waals surface area contributed by atoms with Crippen LogP contribution in [0.4, 0.5) is 10.1 Å². The number of hydrogen-bond acceptors (Lipinski definition) is 5. The Kier molecular flexibility index (Phi) is 4.33. The predicted molar refractivity (Wildman–Crippen MR) is 58.3 cm³/mol. The lowest BCUT2D eigenvalue weighted by Gasteiger charge is -1.99. The van der Waals surface area contributed by atoms with Crippen molar-refractivity contribution >= 4 is 11.7 Å². The lowest BCUT2D eigenvalue weighted by molar-refractivity contribution is -0.136. The van der Waals surface area contributed by atoms with Gasteiger partial charge >= 0.3 is 5.97 Å². The van der Waals surface area contributed by atoms with Crippen molar-refractivity contribution in [2.24, 2.45) is 10.2 Å². The minimum absolute atomic E-state index is 0.295. The fourth-order valence-electron chi connectivity index (χ4n) is 0.973. The predicted octanol–water partition coefficient (Wildman–Crippen LogP) is 2.87. The summed E-state index contributed by atoms with van der Waals surface area (Å²) in [6.07, 6.45) is 0. The van der Waals surface area contributed by atoms with Crippen LogP contribution in [0.5, 0.6) is 0 Å². The van der Waals surface area contributed by atoms with Gasteiger partial charge in [-0.3, -0.25) is 0 Å². The van der Waals surface area contributed by atoms with Crippen molar-refractivity contribution in [2.75, 3.05) is 7.11 Å². The normalized spacial score (nSPS) is 12.4. The molecule has 0 aromatic heterocycles. The Balaban J connectivity index is 2.92. The highest BCUT2D eigenvalue weighted by Crippen LogP contribution is 2.15. The fraction of sp³-hybridized carbons (Fsp3) is 0.182. The van der Waals surface area contributed by atoms with Gasteiger partial charge in [0.1, 0.15) is 11.6 Å². The number of azo groups is 1. The first-order valence-electron chi connectivity index (χ1n) is 4.70. The first-order valence-corrected chi connectivity index (χ1v) is 4.70. The van der Waals surface area contributed by atoms with E-state index in [0.29, 0.717) is 5.69 Å². The lowest BCUT2D eigenvalue weighted by Crippen LogP contribution is -2.04. The molecular formula is C11H11FN2O3. The monoisotopic (exact) mass is 238 g/mol. The number of benzene rings is 1. The summed E-state index contributed by atoms with van der Waals surface area (Å²) in [6, 6.07) is 5.20. The topological polar surface area (TPSA) is 71.2 Å². The summed E-state index contributed by atoms with van der Waals surface area (Å²) in [5.41, 5.74) is 0.0610. The van der Waals surface area contributed by atoms with Gasteiger partial charge in [-0.25, -0.2) is 9.18 Å². The van der Waals surface area contributed by atoms with Crippen LogP contribution >= 0.6 is 0 Å². The maximum absolute atomic E-state index is 12.6. The number of rotatable bonds is 3. The van der Waals surface area contributed by atoms with Gasteiger partial charge in [-0.05, 0) is 31.2 Å². The zero-order valence-corrected chi connectivity index (χ0v) is 9.35. The molecule has 0 heterocycles. The molecule has 0 saturated carbocycles. The van der Waals surface area contributed by atoms with E-state index in [9.17, 15) is 14.3 Å². The zero-order valence-electron chi connectivity index (χ0n) is 9.35. The van der Waals surface area contributed by atoms with Crippen LogP contribution < -0.4 is 0 Å². The largest absolute Gasteiger partial charge is 0.510 e. The number of ether oxygens (including phenoxy) is 1. The van der Waals surface area contributed by atoms with Crippen molar-refractivity contribution < 1.29 is 19.0 Å². The van der Waals surface area contributed by atoms with Gasteiger partial charge in [0.2, 0.25) is 5.70 Å². The first-order chi connectivity index (χ1) is 8.04. The molecule has 1 aromatic rings. The highest BCUT2D eigenvalue weighted by Gasteiger charge is 2.12.